The molecule has 2 amide bonds. The fourth-order valence-electron chi connectivity index (χ4n) is 3.59. The van der Waals surface area contributed by atoms with Crippen LogP contribution in [-0.2, 0) is 14.3 Å². The molecule has 0 saturated carbocycles. The molecule has 174 valence electrons. The number of anilines is 1. The van der Waals surface area contributed by atoms with Crippen LogP contribution in [0.3, 0.4) is 0 Å². The number of methoxy groups -OCH3 is 1. The number of carbonyl (C=O) groups is 2. The SMILES string of the molecule is COCCN1C(=O)C(Nc2ccc3c(c2)OCCO3)=C(c2ccc(OCC(C)C)cc2)C1=O. The van der Waals surface area contributed by atoms with E-state index in [2.05, 4.69) is 19.2 Å². The van der Waals surface area contributed by atoms with Crippen LogP contribution in [0.1, 0.15) is 19.4 Å². The molecule has 8 nitrogen and oxygen atoms in total. The maximum Gasteiger partial charge on any atom is 0.278 e. The third-order valence-corrected chi connectivity index (χ3v) is 5.22. The second-order valence-corrected chi connectivity index (χ2v) is 8.22. The van der Waals surface area contributed by atoms with E-state index in [0.717, 1.165) is 0 Å². The summed E-state index contributed by atoms with van der Waals surface area (Å²) in [5.41, 5.74) is 1.77. The summed E-state index contributed by atoms with van der Waals surface area (Å²) in [6.07, 6.45) is 0. The molecule has 0 spiro atoms. The summed E-state index contributed by atoms with van der Waals surface area (Å²) in [5.74, 6) is 1.58. The second-order valence-electron chi connectivity index (χ2n) is 8.22. The average molecular weight is 453 g/mol. The lowest BCUT2D eigenvalue weighted by atomic mass is 10.0. The Labute approximate surface area is 193 Å². The number of rotatable bonds is 9. The van der Waals surface area contributed by atoms with Crippen molar-refractivity contribution in [3.05, 3.63) is 53.7 Å². The quantitative estimate of drug-likeness (QED) is 0.584. The van der Waals surface area contributed by atoms with Crippen LogP contribution in [0.15, 0.2) is 48.2 Å². The normalized spacial score (nSPS) is 15.5. The summed E-state index contributed by atoms with van der Waals surface area (Å²) in [6.45, 7) is 6.12. The van der Waals surface area contributed by atoms with Gasteiger partial charge in [-0.2, -0.15) is 0 Å². The fourth-order valence-corrected chi connectivity index (χ4v) is 3.59. The van der Waals surface area contributed by atoms with Crippen LogP contribution in [0, 0.1) is 5.92 Å². The molecule has 0 saturated heterocycles. The molecule has 8 heteroatoms. The molecule has 4 rings (SSSR count). The molecule has 0 bridgehead atoms. The molecule has 2 heterocycles. The Balaban J connectivity index is 1.66. The van der Waals surface area contributed by atoms with E-state index in [-0.39, 0.29) is 24.8 Å². The van der Waals surface area contributed by atoms with E-state index >= 15 is 0 Å². The van der Waals surface area contributed by atoms with E-state index in [1.807, 2.05) is 12.1 Å². The minimum Gasteiger partial charge on any atom is -0.493 e. The Morgan fingerprint density at radius 3 is 2.42 bits per heavy atom. The van der Waals surface area contributed by atoms with Gasteiger partial charge in [-0.3, -0.25) is 14.5 Å². The van der Waals surface area contributed by atoms with Crippen molar-refractivity contribution in [2.75, 3.05) is 45.4 Å². The second kappa shape index (κ2) is 9.95. The third kappa shape index (κ3) is 4.96. The Bertz CT molecular complexity index is 1060. The summed E-state index contributed by atoms with van der Waals surface area (Å²) in [4.78, 5) is 27.6. The number of benzene rings is 2. The lowest BCUT2D eigenvalue weighted by Gasteiger charge is -2.19. The van der Waals surface area contributed by atoms with Gasteiger partial charge in [0.2, 0.25) is 0 Å². The molecule has 2 aromatic rings. The molecule has 0 aromatic heterocycles. The van der Waals surface area contributed by atoms with Gasteiger partial charge in [-0.25, -0.2) is 0 Å². The van der Waals surface area contributed by atoms with Crippen LogP contribution in [0.5, 0.6) is 17.2 Å². The fraction of sp³-hybridized carbons (Fsp3) is 0.360. The number of fused-ring (bicyclic) bond motifs is 1. The van der Waals surface area contributed by atoms with E-state index in [0.29, 0.717) is 59.8 Å². The first-order valence-electron chi connectivity index (χ1n) is 11.0. The number of imide groups is 1. The van der Waals surface area contributed by atoms with Gasteiger partial charge in [0.25, 0.3) is 11.8 Å². The van der Waals surface area contributed by atoms with Gasteiger partial charge in [-0.1, -0.05) is 26.0 Å². The first-order chi connectivity index (χ1) is 16.0. The van der Waals surface area contributed by atoms with Crippen molar-refractivity contribution < 1.29 is 28.5 Å². The van der Waals surface area contributed by atoms with E-state index in [1.165, 1.54) is 12.0 Å². The Morgan fingerprint density at radius 1 is 1.00 bits per heavy atom. The average Bonchev–Trinajstić information content (AvgIpc) is 3.05. The van der Waals surface area contributed by atoms with Gasteiger partial charge in [0.05, 0.1) is 25.3 Å². The van der Waals surface area contributed by atoms with Crippen molar-refractivity contribution in [1.82, 2.24) is 4.90 Å². The first kappa shape index (κ1) is 22.7. The van der Waals surface area contributed by atoms with E-state index in [9.17, 15) is 9.59 Å². The maximum absolute atomic E-state index is 13.2. The molecule has 33 heavy (non-hydrogen) atoms. The topological polar surface area (TPSA) is 86.3 Å². The van der Waals surface area contributed by atoms with Crippen molar-refractivity contribution in [3.8, 4) is 17.2 Å². The van der Waals surface area contributed by atoms with Crippen LogP contribution >= 0.6 is 0 Å². The standard InChI is InChI=1S/C25H28N2O6/c1-16(2)15-33-19-7-4-17(5-8-19)22-23(25(29)27(24(22)28)10-11-30-3)26-18-6-9-20-21(14-18)32-13-12-31-20/h4-9,14,16,26H,10-13,15H2,1-3H3. The Hall–Kier alpha value is -3.52. The zero-order chi connectivity index (χ0) is 23.4. The molecule has 1 N–H and O–H groups in total. The number of amides is 2. The number of carbonyl (C=O) groups excluding carboxylic acids is 2. The summed E-state index contributed by atoms with van der Waals surface area (Å²) in [7, 11) is 1.53. The lowest BCUT2D eigenvalue weighted by Crippen LogP contribution is -2.35. The van der Waals surface area contributed by atoms with Crippen molar-refractivity contribution >= 4 is 23.1 Å². The predicted octanol–water partition coefficient (Wildman–Crippen LogP) is 3.33. The van der Waals surface area contributed by atoms with Gasteiger partial charge in [0.1, 0.15) is 24.7 Å². The number of hydrogen-bond donors (Lipinski definition) is 1. The number of hydrogen-bond acceptors (Lipinski definition) is 7. The Kier molecular flexibility index (Phi) is 6.84. The summed E-state index contributed by atoms with van der Waals surface area (Å²) in [6, 6.07) is 12.5. The summed E-state index contributed by atoms with van der Waals surface area (Å²) >= 11 is 0. The minimum absolute atomic E-state index is 0.166. The molecular weight excluding hydrogens is 424 g/mol. The van der Waals surface area contributed by atoms with Gasteiger partial charge in [0.15, 0.2) is 11.5 Å². The van der Waals surface area contributed by atoms with Crippen molar-refractivity contribution in [3.63, 3.8) is 0 Å². The van der Waals surface area contributed by atoms with Gasteiger partial charge < -0.3 is 24.3 Å². The molecule has 2 aromatic carbocycles. The molecule has 2 aliphatic rings. The van der Waals surface area contributed by atoms with Crippen molar-refractivity contribution in [2.45, 2.75) is 13.8 Å². The summed E-state index contributed by atoms with van der Waals surface area (Å²) in [5, 5.41) is 3.14. The first-order valence-corrected chi connectivity index (χ1v) is 11.0. The largest absolute Gasteiger partial charge is 0.493 e. The summed E-state index contributed by atoms with van der Waals surface area (Å²) < 4.78 is 22.0. The van der Waals surface area contributed by atoms with Gasteiger partial charge in [-0.15, -0.1) is 0 Å². The van der Waals surface area contributed by atoms with Crippen molar-refractivity contribution in [1.29, 1.82) is 0 Å². The van der Waals surface area contributed by atoms with Crippen molar-refractivity contribution in [2.24, 2.45) is 5.92 Å². The predicted molar refractivity (Wildman–Crippen MR) is 123 cm³/mol. The molecule has 0 radical (unpaired) electrons. The van der Waals surface area contributed by atoms with Gasteiger partial charge in [0, 0.05) is 18.9 Å². The molecule has 0 aliphatic carbocycles. The van der Waals surface area contributed by atoms with Crippen LogP contribution in [0.25, 0.3) is 5.57 Å². The lowest BCUT2D eigenvalue weighted by molar-refractivity contribution is -0.137. The molecular formula is C25H28N2O6. The maximum atomic E-state index is 13.2. The van der Waals surface area contributed by atoms with Crippen LogP contribution < -0.4 is 19.5 Å². The number of nitrogens with zero attached hydrogens (tertiary/aromatic N) is 1. The minimum atomic E-state index is -0.401. The smallest absolute Gasteiger partial charge is 0.278 e. The molecule has 0 atom stereocenters. The monoisotopic (exact) mass is 452 g/mol. The van der Waals surface area contributed by atoms with Gasteiger partial charge in [-0.05, 0) is 35.7 Å². The van der Waals surface area contributed by atoms with E-state index < -0.39 is 5.91 Å². The highest BCUT2D eigenvalue weighted by Gasteiger charge is 2.39. The van der Waals surface area contributed by atoms with Crippen LogP contribution in [-0.4, -0.2) is 56.8 Å². The van der Waals surface area contributed by atoms with Crippen LogP contribution in [0.4, 0.5) is 5.69 Å². The van der Waals surface area contributed by atoms with Crippen LogP contribution in [0.2, 0.25) is 0 Å². The molecule has 2 aliphatic heterocycles. The number of nitrogens with one attached hydrogen (secondary N) is 1. The van der Waals surface area contributed by atoms with Gasteiger partial charge >= 0.3 is 0 Å². The third-order valence-electron chi connectivity index (χ3n) is 5.22. The Morgan fingerprint density at radius 2 is 1.73 bits per heavy atom. The molecule has 0 fully saturated rings. The highest BCUT2D eigenvalue weighted by Crippen LogP contribution is 2.35. The number of ether oxygens (including phenoxy) is 4. The molecule has 0 unspecified atom stereocenters. The van der Waals surface area contributed by atoms with E-state index in [1.54, 1.807) is 30.3 Å². The van der Waals surface area contributed by atoms with E-state index in [4.69, 9.17) is 18.9 Å². The zero-order valence-electron chi connectivity index (χ0n) is 19.1. The highest BCUT2D eigenvalue weighted by atomic mass is 16.6. The highest BCUT2D eigenvalue weighted by molar-refractivity contribution is 6.36. The zero-order valence-corrected chi connectivity index (χ0v) is 19.1.